The maximum Gasteiger partial charge on any atom is 0.135 e. The summed E-state index contributed by atoms with van der Waals surface area (Å²) >= 11 is 18.9. The number of methoxy groups -OCH3 is 1. The maximum absolute atomic E-state index is 6.00. The van der Waals surface area contributed by atoms with Gasteiger partial charge in [-0.3, -0.25) is 0 Å². The van der Waals surface area contributed by atoms with E-state index in [0.29, 0.717) is 16.6 Å². The Bertz CT molecular complexity index is 635. The number of hydrogen-bond donors (Lipinski definition) is 1. The minimum Gasteiger partial charge on any atom is -0.495 e. The van der Waals surface area contributed by atoms with Gasteiger partial charge < -0.3 is 10.1 Å². The van der Waals surface area contributed by atoms with Crippen LogP contribution < -0.4 is 10.1 Å². The van der Waals surface area contributed by atoms with Gasteiger partial charge in [0, 0.05) is 17.1 Å². The molecule has 0 saturated carbocycles. The number of anilines is 1. The molecular weight excluding hydrogens is 429 g/mol. The molecule has 0 aliphatic heterocycles. The fourth-order valence-corrected chi connectivity index (χ4v) is 3.28. The highest BCUT2D eigenvalue weighted by molar-refractivity contribution is 9.11. The predicted octanol–water partition coefficient (Wildman–Crippen LogP) is 6.14. The number of benzene rings is 2. The molecule has 2 nitrogen and oxygen atoms in total. The van der Waals surface area contributed by atoms with Gasteiger partial charge in [0.25, 0.3) is 0 Å². The van der Waals surface area contributed by atoms with Crippen molar-refractivity contribution in [3.8, 4) is 5.75 Å². The molecule has 1 N–H and O–H groups in total. The van der Waals surface area contributed by atoms with Gasteiger partial charge in [0.2, 0.25) is 0 Å². The van der Waals surface area contributed by atoms with Gasteiger partial charge in [-0.25, -0.2) is 0 Å². The van der Waals surface area contributed by atoms with E-state index in [1.165, 1.54) is 0 Å². The molecule has 6 heteroatoms. The van der Waals surface area contributed by atoms with Crippen molar-refractivity contribution in [2.45, 2.75) is 6.54 Å². The Morgan fingerprint density at radius 2 is 1.80 bits per heavy atom. The first-order chi connectivity index (χ1) is 9.51. The van der Waals surface area contributed by atoms with E-state index in [0.717, 1.165) is 25.9 Å². The van der Waals surface area contributed by atoms with E-state index in [4.69, 9.17) is 27.9 Å². The summed E-state index contributed by atoms with van der Waals surface area (Å²) in [5, 5.41) is 4.44. The van der Waals surface area contributed by atoms with Crippen molar-refractivity contribution >= 4 is 60.7 Å². The molecule has 0 aliphatic rings. The second-order valence-electron chi connectivity index (χ2n) is 4.07. The molecule has 0 spiro atoms. The molecule has 0 aliphatic carbocycles. The van der Waals surface area contributed by atoms with Gasteiger partial charge in [-0.15, -0.1) is 0 Å². The van der Waals surface area contributed by atoms with Crippen molar-refractivity contribution in [3.63, 3.8) is 0 Å². The predicted molar refractivity (Wildman–Crippen MR) is 92.2 cm³/mol. The second-order valence-corrected chi connectivity index (χ2v) is 6.59. The largest absolute Gasteiger partial charge is 0.495 e. The summed E-state index contributed by atoms with van der Waals surface area (Å²) < 4.78 is 7.13. The lowest BCUT2D eigenvalue weighted by Gasteiger charge is -2.12. The van der Waals surface area contributed by atoms with E-state index in [2.05, 4.69) is 37.2 Å². The zero-order chi connectivity index (χ0) is 14.7. The molecule has 0 aromatic heterocycles. The van der Waals surface area contributed by atoms with Crippen LogP contribution in [0.15, 0.2) is 39.3 Å². The van der Waals surface area contributed by atoms with Crippen LogP contribution in [-0.4, -0.2) is 7.11 Å². The smallest absolute Gasteiger partial charge is 0.135 e. The summed E-state index contributed by atoms with van der Waals surface area (Å²) in [6.45, 7) is 0.639. The standard InChI is InChI=1S/C14H11Br2Cl2NO/c1-20-14-6-13(9(15)5-10(14)16)19-7-8-2-3-11(17)12(18)4-8/h2-6,19H,7H2,1H3. The highest BCUT2D eigenvalue weighted by Gasteiger charge is 2.07. The molecule has 0 fully saturated rings. The lowest BCUT2D eigenvalue weighted by Crippen LogP contribution is -2.01. The number of ether oxygens (including phenoxy) is 1. The maximum atomic E-state index is 6.00. The third-order valence-electron chi connectivity index (χ3n) is 2.71. The summed E-state index contributed by atoms with van der Waals surface area (Å²) in [5.74, 6) is 0.768. The van der Waals surface area contributed by atoms with Gasteiger partial charge in [-0.1, -0.05) is 29.3 Å². The lowest BCUT2D eigenvalue weighted by molar-refractivity contribution is 0.412. The Morgan fingerprint density at radius 3 is 2.45 bits per heavy atom. The molecule has 0 amide bonds. The molecule has 0 unspecified atom stereocenters. The third-order valence-corrected chi connectivity index (χ3v) is 4.72. The topological polar surface area (TPSA) is 21.3 Å². The normalized spacial score (nSPS) is 10.4. The van der Waals surface area contributed by atoms with Crippen LogP contribution >= 0.6 is 55.1 Å². The zero-order valence-corrected chi connectivity index (χ0v) is 15.2. The van der Waals surface area contributed by atoms with Gasteiger partial charge in [0.15, 0.2) is 0 Å². The van der Waals surface area contributed by atoms with Crippen molar-refractivity contribution in [3.05, 3.63) is 54.9 Å². The Labute approximate surface area is 144 Å². The van der Waals surface area contributed by atoms with Crippen LogP contribution in [0.25, 0.3) is 0 Å². The average Bonchev–Trinajstić information content (AvgIpc) is 2.41. The molecule has 2 aromatic rings. The summed E-state index contributed by atoms with van der Waals surface area (Å²) in [6, 6.07) is 9.44. The van der Waals surface area contributed by atoms with Crippen LogP contribution in [0.5, 0.6) is 5.75 Å². The van der Waals surface area contributed by atoms with Gasteiger partial charge in [0.05, 0.1) is 27.3 Å². The van der Waals surface area contributed by atoms with E-state index in [1.54, 1.807) is 13.2 Å². The number of rotatable bonds is 4. The Kier molecular flexibility index (Phi) is 5.61. The molecule has 106 valence electrons. The van der Waals surface area contributed by atoms with Crippen LogP contribution in [0.1, 0.15) is 5.56 Å². The van der Waals surface area contributed by atoms with Crippen LogP contribution in [-0.2, 0) is 6.54 Å². The molecule has 0 bridgehead atoms. The van der Waals surface area contributed by atoms with E-state index in [9.17, 15) is 0 Å². The summed E-state index contributed by atoms with van der Waals surface area (Å²) in [5.41, 5.74) is 1.99. The van der Waals surface area contributed by atoms with Gasteiger partial charge >= 0.3 is 0 Å². The number of halogens is 4. The molecule has 2 rings (SSSR count). The van der Waals surface area contributed by atoms with Gasteiger partial charge in [0.1, 0.15) is 5.75 Å². The molecule has 0 heterocycles. The molecular formula is C14H11Br2Cl2NO. The molecule has 0 saturated heterocycles. The molecule has 0 radical (unpaired) electrons. The van der Waals surface area contributed by atoms with Crippen LogP contribution in [0.4, 0.5) is 5.69 Å². The zero-order valence-electron chi connectivity index (χ0n) is 10.5. The fraction of sp³-hybridized carbons (Fsp3) is 0.143. The lowest BCUT2D eigenvalue weighted by atomic mass is 10.2. The van der Waals surface area contributed by atoms with Gasteiger partial charge in [-0.05, 0) is 55.6 Å². The first-order valence-corrected chi connectivity index (χ1v) is 8.06. The fourth-order valence-electron chi connectivity index (χ4n) is 1.67. The summed E-state index contributed by atoms with van der Waals surface area (Å²) in [4.78, 5) is 0. The van der Waals surface area contributed by atoms with Gasteiger partial charge in [-0.2, -0.15) is 0 Å². The molecule has 2 aromatic carbocycles. The Balaban J connectivity index is 2.16. The van der Waals surface area contributed by atoms with E-state index in [1.807, 2.05) is 24.3 Å². The van der Waals surface area contributed by atoms with E-state index < -0.39 is 0 Å². The number of hydrogen-bond acceptors (Lipinski definition) is 2. The van der Waals surface area contributed by atoms with Crippen LogP contribution in [0.2, 0.25) is 10.0 Å². The molecule has 20 heavy (non-hydrogen) atoms. The summed E-state index contributed by atoms with van der Waals surface area (Å²) in [7, 11) is 1.64. The Hall–Kier alpha value is -0.420. The first kappa shape index (κ1) is 16.0. The SMILES string of the molecule is COc1cc(NCc2ccc(Cl)c(Cl)c2)c(Br)cc1Br. The summed E-state index contributed by atoms with van der Waals surface area (Å²) in [6.07, 6.45) is 0. The van der Waals surface area contributed by atoms with E-state index >= 15 is 0 Å². The van der Waals surface area contributed by atoms with Crippen molar-refractivity contribution in [2.24, 2.45) is 0 Å². The van der Waals surface area contributed by atoms with Crippen LogP contribution in [0.3, 0.4) is 0 Å². The third kappa shape index (κ3) is 3.82. The molecule has 0 atom stereocenters. The highest BCUT2D eigenvalue weighted by Crippen LogP contribution is 2.34. The Morgan fingerprint density at radius 1 is 1.05 bits per heavy atom. The highest BCUT2D eigenvalue weighted by atomic mass is 79.9. The average molecular weight is 440 g/mol. The van der Waals surface area contributed by atoms with Crippen molar-refractivity contribution in [1.29, 1.82) is 0 Å². The van der Waals surface area contributed by atoms with Crippen molar-refractivity contribution < 1.29 is 4.74 Å². The minimum atomic E-state index is 0.554. The first-order valence-electron chi connectivity index (χ1n) is 5.72. The van der Waals surface area contributed by atoms with Crippen LogP contribution in [0, 0.1) is 0 Å². The second kappa shape index (κ2) is 7.03. The van der Waals surface area contributed by atoms with E-state index in [-0.39, 0.29) is 0 Å². The quantitative estimate of drug-likeness (QED) is 0.617. The number of nitrogens with one attached hydrogen (secondary N) is 1. The monoisotopic (exact) mass is 437 g/mol. The van der Waals surface area contributed by atoms with Crippen molar-refractivity contribution in [1.82, 2.24) is 0 Å². The minimum absolute atomic E-state index is 0.554. The van der Waals surface area contributed by atoms with Crippen molar-refractivity contribution in [2.75, 3.05) is 12.4 Å².